The molecule has 7 heteroatoms. The number of fused-ring (bicyclic) bond motifs is 1. The van der Waals surface area contributed by atoms with Crippen molar-refractivity contribution in [2.75, 3.05) is 11.9 Å². The van der Waals surface area contributed by atoms with Gasteiger partial charge in [0.1, 0.15) is 22.9 Å². The zero-order chi connectivity index (χ0) is 21.6. The van der Waals surface area contributed by atoms with Crippen molar-refractivity contribution < 1.29 is 13.9 Å². The van der Waals surface area contributed by atoms with E-state index < -0.39 is 0 Å². The third-order valence-electron chi connectivity index (χ3n) is 4.33. The maximum atomic E-state index is 12.2. The van der Waals surface area contributed by atoms with E-state index in [0.717, 1.165) is 4.47 Å². The van der Waals surface area contributed by atoms with Gasteiger partial charge in [-0.05, 0) is 48.5 Å². The third kappa shape index (κ3) is 5.00. The highest BCUT2D eigenvalue weighted by Gasteiger charge is 2.13. The topological polar surface area (TPSA) is 88.1 Å². The smallest absolute Gasteiger partial charge is 0.262 e. The number of nitrogens with zero attached hydrogens (tertiary/aromatic N) is 2. The number of oxazole rings is 1. The number of hydrogen-bond donors (Lipinski definition) is 1. The fraction of sp³-hybridized carbons (Fsp3) is 0.0417. The molecule has 6 nitrogen and oxygen atoms in total. The van der Waals surface area contributed by atoms with Crippen molar-refractivity contribution in [2.45, 2.75) is 0 Å². The molecule has 0 aliphatic heterocycles. The summed E-state index contributed by atoms with van der Waals surface area (Å²) in [7, 11) is 0. The number of halogens is 1. The van der Waals surface area contributed by atoms with Gasteiger partial charge in [0.15, 0.2) is 12.2 Å². The Kier molecular flexibility index (Phi) is 6.11. The molecule has 0 saturated carbocycles. The zero-order valence-electron chi connectivity index (χ0n) is 16.2. The molecule has 31 heavy (non-hydrogen) atoms. The predicted octanol–water partition coefficient (Wildman–Crippen LogP) is 5.67. The van der Waals surface area contributed by atoms with Crippen molar-refractivity contribution in [3.63, 3.8) is 0 Å². The largest absolute Gasteiger partial charge is 0.483 e. The maximum Gasteiger partial charge on any atom is 0.262 e. The number of ether oxygens (including phenoxy) is 1. The summed E-state index contributed by atoms with van der Waals surface area (Å²) in [6.07, 6.45) is 1.62. The van der Waals surface area contributed by atoms with Crippen LogP contribution in [0.2, 0.25) is 0 Å². The van der Waals surface area contributed by atoms with Gasteiger partial charge in [-0.3, -0.25) is 4.79 Å². The van der Waals surface area contributed by atoms with Gasteiger partial charge in [0.25, 0.3) is 5.91 Å². The molecule has 1 heterocycles. The van der Waals surface area contributed by atoms with E-state index in [4.69, 9.17) is 9.15 Å². The van der Waals surface area contributed by atoms with E-state index in [2.05, 4.69) is 32.3 Å². The lowest BCUT2D eigenvalue weighted by Gasteiger charge is -2.10. The van der Waals surface area contributed by atoms with E-state index >= 15 is 0 Å². The predicted molar refractivity (Wildman–Crippen MR) is 122 cm³/mol. The average molecular weight is 474 g/mol. The Labute approximate surface area is 186 Å². The Morgan fingerprint density at radius 3 is 2.68 bits per heavy atom. The standard InChI is InChI=1S/C24H16BrN3O3/c25-18-10-11-21(30-15-23(29)27-19-6-2-1-3-7-19)16(13-18)12-17(14-26)24-28-20-8-4-5-9-22(20)31-24/h1-13H,15H2,(H,27,29)/b17-12+. The van der Waals surface area contributed by atoms with Crippen LogP contribution in [-0.4, -0.2) is 17.5 Å². The van der Waals surface area contributed by atoms with E-state index in [-0.39, 0.29) is 24.0 Å². The molecule has 0 unspecified atom stereocenters. The van der Waals surface area contributed by atoms with Gasteiger partial charge in [0.05, 0.1) is 0 Å². The van der Waals surface area contributed by atoms with Gasteiger partial charge < -0.3 is 14.5 Å². The normalized spacial score (nSPS) is 11.2. The van der Waals surface area contributed by atoms with Crippen molar-refractivity contribution in [1.82, 2.24) is 4.98 Å². The van der Waals surface area contributed by atoms with Crippen molar-refractivity contribution in [3.8, 4) is 11.8 Å². The number of rotatable bonds is 6. The van der Waals surface area contributed by atoms with E-state index in [1.807, 2.05) is 36.4 Å². The van der Waals surface area contributed by atoms with Crippen molar-refractivity contribution >= 4 is 50.3 Å². The van der Waals surface area contributed by atoms with Gasteiger partial charge in [-0.25, -0.2) is 4.98 Å². The Balaban J connectivity index is 1.57. The summed E-state index contributed by atoms with van der Waals surface area (Å²) in [6.45, 7) is -0.178. The lowest BCUT2D eigenvalue weighted by molar-refractivity contribution is -0.118. The SMILES string of the molecule is N#C/C(=C\c1cc(Br)ccc1OCC(=O)Nc1ccccc1)c1nc2ccccc2o1. The van der Waals surface area contributed by atoms with Gasteiger partial charge in [0.2, 0.25) is 5.89 Å². The number of para-hydroxylation sites is 3. The molecule has 0 radical (unpaired) electrons. The summed E-state index contributed by atoms with van der Waals surface area (Å²) in [6, 6.07) is 23.9. The summed E-state index contributed by atoms with van der Waals surface area (Å²) in [4.78, 5) is 16.6. The molecule has 0 saturated heterocycles. The van der Waals surface area contributed by atoms with Crippen LogP contribution in [0.3, 0.4) is 0 Å². The molecule has 0 fully saturated rings. The molecule has 1 aromatic heterocycles. The highest BCUT2D eigenvalue weighted by Crippen LogP contribution is 2.29. The number of carbonyl (C=O) groups excluding carboxylic acids is 1. The molecule has 152 valence electrons. The number of hydrogen-bond acceptors (Lipinski definition) is 5. The average Bonchev–Trinajstić information content (AvgIpc) is 3.21. The van der Waals surface area contributed by atoms with Gasteiger partial charge in [-0.1, -0.05) is 46.3 Å². The molecule has 0 aliphatic rings. The highest BCUT2D eigenvalue weighted by atomic mass is 79.9. The van der Waals surface area contributed by atoms with Crippen molar-refractivity contribution in [1.29, 1.82) is 5.26 Å². The van der Waals surface area contributed by atoms with E-state index in [1.54, 1.807) is 42.5 Å². The number of benzene rings is 3. The molecule has 3 aromatic carbocycles. The van der Waals surface area contributed by atoms with Crippen LogP contribution in [0.5, 0.6) is 5.75 Å². The molecule has 0 spiro atoms. The maximum absolute atomic E-state index is 12.2. The Morgan fingerprint density at radius 2 is 1.90 bits per heavy atom. The van der Waals surface area contributed by atoms with Gasteiger partial charge in [-0.15, -0.1) is 0 Å². The summed E-state index contributed by atoms with van der Waals surface area (Å²) in [5.74, 6) is 0.384. The first-order chi connectivity index (χ1) is 15.1. The van der Waals surface area contributed by atoms with E-state index in [1.165, 1.54) is 0 Å². The number of nitriles is 1. The molecular formula is C24H16BrN3O3. The molecule has 1 N–H and O–H groups in total. The molecule has 0 bridgehead atoms. The third-order valence-corrected chi connectivity index (χ3v) is 4.83. The van der Waals surface area contributed by atoms with E-state index in [9.17, 15) is 10.1 Å². The van der Waals surface area contributed by atoms with Crippen LogP contribution in [0, 0.1) is 11.3 Å². The van der Waals surface area contributed by atoms with E-state index in [0.29, 0.717) is 28.1 Å². The first-order valence-electron chi connectivity index (χ1n) is 9.37. The second-order valence-corrected chi connectivity index (χ2v) is 7.46. The number of allylic oxidation sites excluding steroid dienone is 1. The quantitative estimate of drug-likeness (QED) is 0.364. The Bertz CT molecular complexity index is 1270. The molecule has 4 rings (SSSR count). The fourth-order valence-electron chi connectivity index (χ4n) is 2.91. The fourth-order valence-corrected chi connectivity index (χ4v) is 3.29. The summed E-state index contributed by atoms with van der Waals surface area (Å²) in [5.41, 5.74) is 2.81. The van der Waals surface area contributed by atoms with Crippen LogP contribution in [0.25, 0.3) is 22.7 Å². The first-order valence-corrected chi connectivity index (χ1v) is 10.2. The lowest BCUT2D eigenvalue weighted by Crippen LogP contribution is -2.20. The number of nitrogens with one attached hydrogen (secondary N) is 1. The Hall–Kier alpha value is -3.89. The minimum atomic E-state index is -0.288. The van der Waals surface area contributed by atoms with Crippen molar-refractivity contribution in [3.05, 3.63) is 88.7 Å². The second-order valence-electron chi connectivity index (χ2n) is 6.54. The summed E-state index contributed by atoms with van der Waals surface area (Å²) >= 11 is 3.43. The number of carbonyl (C=O) groups is 1. The lowest BCUT2D eigenvalue weighted by atomic mass is 10.1. The summed E-state index contributed by atoms with van der Waals surface area (Å²) in [5, 5.41) is 12.4. The van der Waals surface area contributed by atoms with Gasteiger partial charge >= 0.3 is 0 Å². The first kappa shape index (κ1) is 20.4. The van der Waals surface area contributed by atoms with Crippen LogP contribution in [0.1, 0.15) is 11.5 Å². The molecule has 1 amide bonds. The second kappa shape index (κ2) is 9.28. The molecule has 0 aliphatic carbocycles. The van der Waals surface area contributed by atoms with Gasteiger partial charge in [0, 0.05) is 15.7 Å². The number of amides is 1. The zero-order valence-corrected chi connectivity index (χ0v) is 17.8. The number of anilines is 1. The molecule has 0 atom stereocenters. The minimum absolute atomic E-state index is 0.178. The highest BCUT2D eigenvalue weighted by molar-refractivity contribution is 9.10. The van der Waals surface area contributed by atoms with Crippen LogP contribution in [-0.2, 0) is 4.79 Å². The van der Waals surface area contributed by atoms with Crippen LogP contribution in [0.4, 0.5) is 5.69 Å². The summed E-state index contributed by atoms with van der Waals surface area (Å²) < 4.78 is 12.2. The minimum Gasteiger partial charge on any atom is -0.483 e. The molecular weight excluding hydrogens is 458 g/mol. The Morgan fingerprint density at radius 1 is 1.13 bits per heavy atom. The monoisotopic (exact) mass is 473 g/mol. The van der Waals surface area contributed by atoms with Crippen LogP contribution < -0.4 is 10.1 Å². The molecule has 4 aromatic rings. The van der Waals surface area contributed by atoms with Crippen LogP contribution in [0.15, 0.2) is 81.7 Å². The van der Waals surface area contributed by atoms with Crippen molar-refractivity contribution in [2.24, 2.45) is 0 Å². The van der Waals surface area contributed by atoms with Gasteiger partial charge in [-0.2, -0.15) is 5.26 Å². The number of aromatic nitrogens is 1. The van der Waals surface area contributed by atoms with Crippen LogP contribution >= 0.6 is 15.9 Å².